The normalized spacial score (nSPS) is 16.1. The maximum absolute atomic E-state index is 3.32. The van der Waals surface area contributed by atoms with Crippen LogP contribution in [0.1, 0.15) is 63.5 Å². The minimum Gasteiger partial charge on any atom is -0.147 e. The summed E-state index contributed by atoms with van der Waals surface area (Å²) in [6, 6.07) is 22.1. The minimum atomic E-state index is -3.32. The Morgan fingerprint density at radius 1 is 0.647 bits per heavy atom. The van der Waals surface area contributed by atoms with Gasteiger partial charge in [0.1, 0.15) is 0 Å². The fourth-order valence-electron chi connectivity index (χ4n) is 5.74. The Bertz CT molecular complexity index is 1110. The van der Waals surface area contributed by atoms with Crippen LogP contribution in [0.4, 0.5) is 0 Å². The average molecular weight is 591 g/mol. The third-order valence-electron chi connectivity index (χ3n) is 7.47. The van der Waals surface area contributed by atoms with Crippen molar-refractivity contribution in [2.45, 2.75) is 61.6 Å². The summed E-state index contributed by atoms with van der Waals surface area (Å²) in [6.45, 7) is 7.09. The predicted octanol–water partition coefficient (Wildman–Crippen LogP) is 9.25. The molecule has 182 valence electrons. The molecular weight excluding hydrogens is 551 g/mol. The summed E-state index contributed by atoms with van der Waals surface area (Å²) in [6.07, 6.45) is 12.3. The summed E-state index contributed by atoms with van der Waals surface area (Å²) in [5.74, 6) is 0. The van der Waals surface area contributed by atoms with Crippen molar-refractivity contribution in [3.8, 4) is 0 Å². The van der Waals surface area contributed by atoms with E-state index in [0.717, 1.165) is 12.8 Å². The summed E-state index contributed by atoms with van der Waals surface area (Å²) in [4.78, 5) is 0. The van der Waals surface area contributed by atoms with Crippen molar-refractivity contribution < 1.29 is 17.4 Å². The van der Waals surface area contributed by atoms with Gasteiger partial charge in [-0.1, -0.05) is 0 Å². The van der Waals surface area contributed by atoms with Crippen LogP contribution >= 0.6 is 24.8 Å². The van der Waals surface area contributed by atoms with Crippen LogP contribution in [0.25, 0.3) is 11.1 Å². The van der Waals surface area contributed by atoms with Crippen molar-refractivity contribution in [3.05, 3.63) is 102 Å². The Balaban J connectivity index is 0.00000204. The van der Waals surface area contributed by atoms with Gasteiger partial charge in [0.25, 0.3) is 0 Å². The van der Waals surface area contributed by atoms with Crippen molar-refractivity contribution in [3.63, 3.8) is 0 Å². The molecule has 0 N–H and O–H groups in total. The standard InChI is InChI=1S/2C14H15.2CH3.2ClH.H2Si.Zr/c2*1-2-6-12-9-10-14(11-12)13-7-4-3-5-8-13;;;;;;/h2*3-5,7-8,11H,2,6,10H2,1H3;2*1H3;2*1H;1H2;. The maximum Gasteiger partial charge on any atom is -0.147 e. The van der Waals surface area contributed by atoms with E-state index in [1.165, 1.54) is 48.0 Å². The number of benzene rings is 2. The Hall–Kier alpha value is -0.920. The molecule has 0 aliphatic heterocycles. The van der Waals surface area contributed by atoms with E-state index in [-0.39, 0.29) is 24.8 Å². The van der Waals surface area contributed by atoms with Crippen LogP contribution < -0.4 is 0 Å². The van der Waals surface area contributed by atoms with Gasteiger partial charge in [-0.15, -0.1) is 24.8 Å². The molecule has 2 aliphatic rings. The van der Waals surface area contributed by atoms with Gasteiger partial charge in [0.05, 0.1) is 0 Å². The van der Waals surface area contributed by atoms with Gasteiger partial charge in [-0.25, -0.2) is 0 Å². The van der Waals surface area contributed by atoms with Crippen LogP contribution in [0.3, 0.4) is 0 Å². The first-order valence-electron chi connectivity index (χ1n) is 12.4. The molecule has 0 saturated heterocycles. The second-order valence-electron chi connectivity index (χ2n) is 10.6. The fourth-order valence-corrected chi connectivity index (χ4v) is 20.6. The third kappa shape index (κ3) is 5.89. The molecule has 2 aromatic rings. The fraction of sp³-hybridized carbons (Fsp3) is 0.333. The van der Waals surface area contributed by atoms with E-state index in [0.29, 0.717) is 0 Å². The SMILES string of the molecule is CCCC1=[C]([Zr]([CH3])([CH3])(=[SiH2])[C]2=C(CCC)C=C(c3ccccc3)C2)CC(c2ccccc2)=C1.Cl.Cl. The Morgan fingerprint density at radius 2 is 1.00 bits per heavy atom. The first kappa shape index (κ1) is 29.3. The topological polar surface area (TPSA) is 0 Å². The van der Waals surface area contributed by atoms with Gasteiger partial charge in [-0.05, 0) is 0 Å². The van der Waals surface area contributed by atoms with Crippen molar-refractivity contribution >= 4 is 42.8 Å². The van der Waals surface area contributed by atoms with Gasteiger partial charge >= 0.3 is 199 Å². The number of hydrogen-bond acceptors (Lipinski definition) is 0. The van der Waals surface area contributed by atoms with Crippen LogP contribution in [0.2, 0.25) is 9.26 Å². The number of rotatable bonds is 8. The summed E-state index contributed by atoms with van der Waals surface area (Å²) in [5.41, 5.74) is 9.20. The third-order valence-corrected chi connectivity index (χ3v) is 24.5. The minimum absolute atomic E-state index is 0. The number of hydrogen-bond donors (Lipinski definition) is 0. The maximum atomic E-state index is 2.72. The quantitative estimate of drug-likeness (QED) is 0.269. The van der Waals surface area contributed by atoms with E-state index >= 15 is 0 Å². The van der Waals surface area contributed by atoms with E-state index < -0.39 is 17.4 Å². The Labute approximate surface area is 222 Å². The van der Waals surface area contributed by atoms with E-state index in [1.54, 1.807) is 11.1 Å². The molecule has 0 amide bonds. The second kappa shape index (κ2) is 11.9. The van der Waals surface area contributed by atoms with Gasteiger partial charge in [0.2, 0.25) is 0 Å². The first-order chi connectivity index (χ1) is 15.3. The Morgan fingerprint density at radius 3 is 1.32 bits per heavy atom. The molecule has 2 aromatic carbocycles. The van der Waals surface area contributed by atoms with Crippen LogP contribution in [0.5, 0.6) is 0 Å². The van der Waals surface area contributed by atoms with Crippen LogP contribution in [-0.2, 0) is 17.4 Å². The summed E-state index contributed by atoms with van der Waals surface area (Å²) in [7, 11) is 0. The van der Waals surface area contributed by atoms with Crippen molar-refractivity contribution in [2.75, 3.05) is 0 Å². The van der Waals surface area contributed by atoms with E-state index in [9.17, 15) is 0 Å². The molecule has 0 heterocycles. The monoisotopic (exact) mass is 588 g/mol. The molecule has 0 bridgehead atoms. The van der Waals surface area contributed by atoms with Crippen LogP contribution in [0, 0.1) is 0 Å². The zero-order valence-electron chi connectivity index (χ0n) is 21.2. The van der Waals surface area contributed by atoms with Crippen molar-refractivity contribution in [1.82, 2.24) is 0 Å². The molecule has 0 nitrogen and oxygen atoms in total. The molecule has 0 atom stereocenters. The average Bonchev–Trinajstić information content (AvgIpc) is 3.42. The zero-order valence-corrected chi connectivity index (χ0v) is 26.7. The van der Waals surface area contributed by atoms with Crippen molar-refractivity contribution in [1.29, 1.82) is 0 Å². The second-order valence-corrected chi connectivity index (χ2v) is 39.3. The van der Waals surface area contributed by atoms with E-state index in [2.05, 4.69) is 103 Å². The smallest absolute Gasteiger partial charge is 0.147 e. The number of halogens is 2. The largest absolute Gasteiger partial charge is 0.147 e. The van der Waals surface area contributed by atoms with E-state index in [4.69, 9.17) is 0 Å². The molecule has 0 unspecified atom stereocenters. The van der Waals surface area contributed by atoms with Gasteiger partial charge in [-0.2, -0.15) is 0 Å². The van der Waals surface area contributed by atoms with E-state index in [1.807, 2.05) is 6.56 Å². The molecule has 2 aliphatic carbocycles. The molecular formula is C30H40Cl2SiZr. The molecule has 4 rings (SSSR count). The first-order valence-corrected chi connectivity index (χ1v) is 25.7. The molecule has 0 saturated carbocycles. The molecule has 0 radical (unpaired) electrons. The number of allylic oxidation sites excluding steroid dienone is 8. The van der Waals surface area contributed by atoms with Gasteiger partial charge in [0, 0.05) is 0 Å². The molecule has 0 spiro atoms. The summed E-state index contributed by atoms with van der Waals surface area (Å²) < 4.78 is 9.13. The van der Waals surface area contributed by atoms with Crippen LogP contribution in [0.15, 0.2) is 90.5 Å². The van der Waals surface area contributed by atoms with Gasteiger partial charge in [-0.3, -0.25) is 0 Å². The molecule has 0 aromatic heterocycles. The molecule has 34 heavy (non-hydrogen) atoms. The predicted molar refractivity (Wildman–Crippen MR) is 157 cm³/mol. The van der Waals surface area contributed by atoms with Crippen LogP contribution in [-0.4, -0.2) is 6.88 Å². The zero-order chi connectivity index (χ0) is 22.8. The van der Waals surface area contributed by atoms with Gasteiger partial charge < -0.3 is 0 Å². The van der Waals surface area contributed by atoms with Crippen molar-refractivity contribution in [2.24, 2.45) is 0 Å². The summed E-state index contributed by atoms with van der Waals surface area (Å²) >= 11 is -3.32. The molecule has 0 fully saturated rings. The van der Waals surface area contributed by atoms with Gasteiger partial charge in [0.15, 0.2) is 0 Å². The summed E-state index contributed by atoms with van der Waals surface area (Å²) in [5, 5.41) is 0. The Kier molecular flexibility index (Phi) is 10.2. The molecule has 4 heteroatoms.